The first kappa shape index (κ1) is 27.2. The summed E-state index contributed by atoms with van der Waals surface area (Å²) in [4.78, 5) is 36.6. The topological polar surface area (TPSA) is 111 Å². The summed E-state index contributed by atoms with van der Waals surface area (Å²) in [5.74, 6) is -1.50. The third kappa shape index (κ3) is 7.55. The number of aryl methyl sites for hydroxylation is 1. The highest BCUT2D eigenvalue weighted by molar-refractivity contribution is 5.96. The van der Waals surface area contributed by atoms with Crippen molar-refractivity contribution in [2.75, 3.05) is 13.7 Å². The smallest absolute Gasteiger partial charge is 0.416 e. The van der Waals surface area contributed by atoms with Crippen LogP contribution in [0.1, 0.15) is 57.5 Å². The molecule has 2 aromatic rings. The molecule has 2 aromatic carbocycles. The average Bonchev–Trinajstić information content (AvgIpc) is 2.86. The second kappa shape index (κ2) is 12.0. The highest BCUT2D eigenvalue weighted by Gasteiger charge is 2.31. The minimum absolute atomic E-state index is 0.0187. The summed E-state index contributed by atoms with van der Waals surface area (Å²) in [5.41, 5.74) is 6.50. The fourth-order valence-electron chi connectivity index (χ4n) is 4.49. The van der Waals surface area contributed by atoms with Gasteiger partial charge >= 0.3 is 12.1 Å². The molecule has 0 spiro atoms. The third-order valence-electron chi connectivity index (χ3n) is 6.38. The number of amides is 2. The normalized spacial score (nSPS) is 19.9. The summed E-state index contributed by atoms with van der Waals surface area (Å²) in [5, 5.41) is 5.33. The van der Waals surface area contributed by atoms with Crippen molar-refractivity contribution in [3.05, 3.63) is 70.8 Å². The highest BCUT2D eigenvalue weighted by atomic mass is 19.4. The lowest BCUT2D eigenvalue weighted by Gasteiger charge is -2.35. The molecular formula is C26H30F3N3O4. The van der Waals surface area contributed by atoms with Gasteiger partial charge in [0.2, 0.25) is 5.91 Å². The van der Waals surface area contributed by atoms with E-state index in [0.29, 0.717) is 18.4 Å². The Balaban J connectivity index is 1.55. The van der Waals surface area contributed by atoms with Gasteiger partial charge in [0, 0.05) is 17.6 Å². The molecule has 0 bridgehead atoms. The van der Waals surface area contributed by atoms with Gasteiger partial charge < -0.3 is 21.1 Å². The standard InChI is InChI=1S/C26H30F3N3O4/c1-36-25(35)19-6-2-4-16(12-19)8-9-17-14-21(30)10-11-22(17)32-23(33)15-31-24(34)18-5-3-7-20(13-18)26(27,28)29/h2-7,12-13,17,21-22H,8-11,14-15,30H2,1H3,(H,31,34)(H,32,33). The van der Waals surface area contributed by atoms with Gasteiger partial charge in [0.1, 0.15) is 0 Å². The van der Waals surface area contributed by atoms with E-state index in [9.17, 15) is 27.6 Å². The van der Waals surface area contributed by atoms with Crippen LogP contribution in [0.2, 0.25) is 0 Å². The second-order valence-electron chi connectivity index (χ2n) is 9.00. The Labute approximate surface area is 207 Å². The van der Waals surface area contributed by atoms with Crippen LogP contribution in [-0.2, 0) is 22.1 Å². The largest absolute Gasteiger partial charge is 0.465 e. The number of carbonyl (C=O) groups is 3. The van der Waals surface area contributed by atoms with Crippen LogP contribution in [0.4, 0.5) is 13.2 Å². The Morgan fingerprint density at radius 2 is 1.78 bits per heavy atom. The van der Waals surface area contributed by atoms with E-state index in [4.69, 9.17) is 10.5 Å². The maximum absolute atomic E-state index is 12.9. The number of ether oxygens (including phenoxy) is 1. The van der Waals surface area contributed by atoms with Crippen molar-refractivity contribution < 1.29 is 32.3 Å². The SMILES string of the molecule is COC(=O)c1cccc(CCC2CC(N)CCC2NC(=O)CNC(=O)c2cccc(C(F)(F)F)c2)c1. The number of halogens is 3. The van der Waals surface area contributed by atoms with E-state index >= 15 is 0 Å². The molecule has 7 nitrogen and oxygen atoms in total. The Morgan fingerprint density at radius 3 is 2.50 bits per heavy atom. The van der Waals surface area contributed by atoms with E-state index in [1.165, 1.54) is 13.2 Å². The Morgan fingerprint density at radius 1 is 1.06 bits per heavy atom. The molecule has 10 heteroatoms. The quantitative estimate of drug-likeness (QED) is 0.476. The minimum Gasteiger partial charge on any atom is -0.465 e. The molecule has 1 aliphatic carbocycles. The molecule has 0 saturated heterocycles. The van der Waals surface area contributed by atoms with Crippen LogP contribution in [0.3, 0.4) is 0 Å². The van der Waals surface area contributed by atoms with E-state index in [0.717, 1.165) is 43.0 Å². The monoisotopic (exact) mass is 505 g/mol. The van der Waals surface area contributed by atoms with Crippen molar-refractivity contribution in [2.45, 2.75) is 50.4 Å². The Bertz CT molecular complexity index is 1090. The number of benzene rings is 2. The van der Waals surface area contributed by atoms with Crippen molar-refractivity contribution in [1.29, 1.82) is 0 Å². The number of alkyl halides is 3. The van der Waals surface area contributed by atoms with Gasteiger partial charge in [-0.05, 0) is 73.9 Å². The summed E-state index contributed by atoms with van der Waals surface area (Å²) >= 11 is 0. The molecular weight excluding hydrogens is 475 g/mol. The zero-order valence-corrected chi connectivity index (χ0v) is 19.9. The molecule has 0 radical (unpaired) electrons. The molecule has 0 aliphatic heterocycles. The van der Waals surface area contributed by atoms with Gasteiger partial charge in [-0.1, -0.05) is 18.2 Å². The number of hydrogen-bond donors (Lipinski definition) is 3. The van der Waals surface area contributed by atoms with Gasteiger partial charge in [0.25, 0.3) is 5.91 Å². The van der Waals surface area contributed by atoms with Gasteiger partial charge in [-0.3, -0.25) is 9.59 Å². The summed E-state index contributed by atoms with van der Waals surface area (Å²) in [7, 11) is 1.33. The minimum atomic E-state index is -4.56. The predicted octanol–water partition coefficient (Wildman–Crippen LogP) is 3.47. The van der Waals surface area contributed by atoms with Gasteiger partial charge in [-0.15, -0.1) is 0 Å². The zero-order chi connectivity index (χ0) is 26.3. The van der Waals surface area contributed by atoms with Gasteiger partial charge in [-0.25, -0.2) is 4.79 Å². The Hall–Kier alpha value is -3.40. The van der Waals surface area contributed by atoms with Crippen LogP contribution in [0, 0.1) is 5.92 Å². The van der Waals surface area contributed by atoms with Crippen LogP contribution >= 0.6 is 0 Å². The van der Waals surface area contributed by atoms with Gasteiger partial charge in [-0.2, -0.15) is 13.2 Å². The summed E-state index contributed by atoms with van der Waals surface area (Å²) in [6.07, 6.45) is -0.999. The number of methoxy groups -OCH3 is 1. The number of carbonyl (C=O) groups excluding carboxylic acids is 3. The zero-order valence-electron chi connectivity index (χ0n) is 19.9. The van der Waals surface area contributed by atoms with E-state index in [1.54, 1.807) is 18.2 Å². The average molecular weight is 506 g/mol. The summed E-state index contributed by atoms with van der Waals surface area (Å²) in [6, 6.07) is 11.1. The van der Waals surface area contributed by atoms with Crippen LogP contribution in [0.25, 0.3) is 0 Å². The lowest BCUT2D eigenvalue weighted by atomic mass is 9.78. The van der Waals surface area contributed by atoms with E-state index in [2.05, 4.69) is 10.6 Å². The second-order valence-corrected chi connectivity index (χ2v) is 9.00. The molecule has 194 valence electrons. The lowest BCUT2D eigenvalue weighted by molar-refractivity contribution is -0.137. The summed E-state index contributed by atoms with van der Waals surface area (Å²) in [6.45, 7) is -0.356. The number of esters is 1. The van der Waals surface area contributed by atoms with Gasteiger partial charge in [0.15, 0.2) is 0 Å². The Kier molecular flexibility index (Phi) is 9.08. The molecule has 3 unspecified atom stereocenters. The van der Waals surface area contributed by atoms with Crippen LogP contribution in [0.15, 0.2) is 48.5 Å². The molecule has 2 amide bonds. The van der Waals surface area contributed by atoms with Crippen molar-refractivity contribution >= 4 is 17.8 Å². The third-order valence-corrected chi connectivity index (χ3v) is 6.38. The molecule has 36 heavy (non-hydrogen) atoms. The molecule has 4 N–H and O–H groups in total. The molecule has 1 saturated carbocycles. The van der Waals surface area contributed by atoms with Crippen molar-refractivity contribution in [1.82, 2.24) is 10.6 Å². The fraction of sp³-hybridized carbons (Fsp3) is 0.423. The fourth-order valence-corrected chi connectivity index (χ4v) is 4.49. The number of nitrogens with two attached hydrogens (primary N) is 1. The number of rotatable bonds is 8. The maximum atomic E-state index is 12.9. The molecule has 1 aliphatic rings. The van der Waals surface area contributed by atoms with Crippen molar-refractivity contribution in [3.63, 3.8) is 0 Å². The van der Waals surface area contributed by atoms with Crippen LogP contribution < -0.4 is 16.4 Å². The van der Waals surface area contributed by atoms with Crippen molar-refractivity contribution in [2.24, 2.45) is 11.7 Å². The predicted molar refractivity (Wildman–Crippen MR) is 127 cm³/mol. The highest BCUT2D eigenvalue weighted by Crippen LogP contribution is 2.30. The molecule has 3 atom stereocenters. The molecule has 0 heterocycles. The first-order chi connectivity index (χ1) is 17.1. The van der Waals surface area contributed by atoms with E-state index in [-0.39, 0.29) is 30.1 Å². The van der Waals surface area contributed by atoms with Gasteiger partial charge in [0.05, 0.1) is 24.8 Å². The van der Waals surface area contributed by atoms with E-state index in [1.807, 2.05) is 6.07 Å². The number of nitrogens with one attached hydrogen (secondary N) is 2. The maximum Gasteiger partial charge on any atom is 0.416 e. The summed E-state index contributed by atoms with van der Waals surface area (Å²) < 4.78 is 43.4. The van der Waals surface area contributed by atoms with Crippen LogP contribution in [0.5, 0.6) is 0 Å². The number of hydrogen-bond acceptors (Lipinski definition) is 5. The first-order valence-corrected chi connectivity index (χ1v) is 11.7. The van der Waals surface area contributed by atoms with Crippen molar-refractivity contribution in [3.8, 4) is 0 Å². The molecule has 0 aromatic heterocycles. The van der Waals surface area contributed by atoms with Crippen LogP contribution in [-0.4, -0.2) is 43.5 Å². The molecule has 1 fully saturated rings. The first-order valence-electron chi connectivity index (χ1n) is 11.7. The van der Waals surface area contributed by atoms with E-state index < -0.39 is 29.5 Å². The molecule has 3 rings (SSSR count). The lowest BCUT2D eigenvalue weighted by Crippen LogP contribution is -2.49.